The minimum atomic E-state index is 0. The molecule has 0 radical (unpaired) electrons. The number of guanidine groups is 1. The highest BCUT2D eigenvalue weighted by Crippen LogP contribution is 2.60. The Morgan fingerprint density at radius 1 is 1.38 bits per heavy atom. The third kappa shape index (κ3) is 3.08. The van der Waals surface area contributed by atoms with Gasteiger partial charge in [0.1, 0.15) is 0 Å². The van der Waals surface area contributed by atoms with E-state index in [1.54, 1.807) is 0 Å². The third-order valence-corrected chi connectivity index (χ3v) is 8.05. The van der Waals surface area contributed by atoms with Gasteiger partial charge in [-0.15, -0.1) is 24.0 Å². The second-order valence-electron chi connectivity index (χ2n) is 7.70. The van der Waals surface area contributed by atoms with Crippen LogP contribution in [0.5, 0.6) is 0 Å². The van der Waals surface area contributed by atoms with Crippen LogP contribution in [0.15, 0.2) is 4.99 Å². The van der Waals surface area contributed by atoms with E-state index >= 15 is 0 Å². The number of halogens is 1. The molecule has 4 fully saturated rings. The van der Waals surface area contributed by atoms with Crippen LogP contribution in [0.25, 0.3) is 0 Å². The van der Waals surface area contributed by atoms with E-state index in [0.29, 0.717) is 23.5 Å². The topological polar surface area (TPSA) is 36.9 Å². The van der Waals surface area contributed by atoms with Crippen molar-refractivity contribution >= 4 is 41.7 Å². The van der Waals surface area contributed by atoms with Crippen LogP contribution < -0.4 is 5.32 Å². The first kappa shape index (κ1) is 19.1. The lowest BCUT2D eigenvalue weighted by Crippen LogP contribution is -2.69. The fourth-order valence-corrected chi connectivity index (χ4v) is 6.68. The summed E-state index contributed by atoms with van der Waals surface area (Å²) in [6.45, 7) is 5.54. The number of aliphatic imine (C=N–C) groups is 1. The third-order valence-electron chi connectivity index (χ3n) is 6.68. The van der Waals surface area contributed by atoms with Gasteiger partial charge >= 0.3 is 0 Å². The molecule has 1 spiro atoms. The molecule has 4 unspecified atom stereocenters. The quantitative estimate of drug-likeness (QED) is 0.386. The van der Waals surface area contributed by atoms with Crippen molar-refractivity contribution in [2.45, 2.75) is 62.8 Å². The smallest absolute Gasteiger partial charge is 0.193 e. The number of nitrogens with zero attached hydrogens (tertiary/aromatic N) is 2. The molecule has 2 aliphatic carbocycles. The molecule has 0 aromatic carbocycles. The van der Waals surface area contributed by atoms with Crippen LogP contribution in [-0.4, -0.2) is 60.8 Å². The highest BCUT2D eigenvalue weighted by molar-refractivity contribution is 14.0. The SMILES string of the molecule is CCC1CN(C(=NC)NC2C3CCOC3C23CCCC3)CCS1.I. The van der Waals surface area contributed by atoms with Gasteiger partial charge in [0.25, 0.3) is 0 Å². The summed E-state index contributed by atoms with van der Waals surface area (Å²) in [6, 6.07) is 0.589. The molecule has 138 valence electrons. The second kappa shape index (κ2) is 7.91. The van der Waals surface area contributed by atoms with E-state index in [0.717, 1.165) is 30.9 Å². The summed E-state index contributed by atoms with van der Waals surface area (Å²) in [5.41, 5.74) is 0.409. The number of hydrogen-bond acceptors (Lipinski definition) is 3. The molecular formula is C18H32IN3OS. The average molecular weight is 465 g/mol. The number of thioether (sulfide) groups is 1. The fraction of sp³-hybridized carbons (Fsp3) is 0.944. The van der Waals surface area contributed by atoms with Gasteiger partial charge in [-0.25, -0.2) is 0 Å². The van der Waals surface area contributed by atoms with E-state index in [-0.39, 0.29) is 24.0 Å². The highest BCUT2D eigenvalue weighted by Gasteiger charge is 2.65. The normalized spacial score (nSPS) is 37.8. The summed E-state index contributed by atoms with van der Waals surface area (Å²) in [6.07, 6.45) is 8.45. The van der Waals surface area contributed by atoms with Gasteiger partial charge in [0.15, 0.2) is 5.96 Å². The van der Waals surface area contributed by atoms with Crippen molar-refractivity contribution in [2.24, 2.45) is 16.3 Å². The van der Waals surface area contributed by atoms with Gasteiger partial charge in [0, 0.05) is 55.1 Å². The first-order valence-corrected chi connectivity index (χ1v) is 10.5. The van der Waals surface area contributed by atoms with Crippen LogP contribution in [0.3, 0.4) is 0 Å². The Hall–Kier alpha value is 0.310. The average Bonchev–Trinajstić information content (AvgIpc) is 3.24. The zero-order chi connectivity index (χ0) is 15.9. The molecule has 2 saturated carbocycles. The predicted molar refractivity (Wildman–Crippen MR) is 113 cm³/mol. The molecular weight excluding hydrogens is 433 g/mol. The summed E-state index contributed by atoms with van der Waals surface area (Å²) >= 11 is 2.12. The largest absolute Gasteiger partial charge is 0.377 e. The Morgan fingerprint density at radius 3 is 2.88 bits per heavy atom. The van der Waals surface area contributed by atoms with Gasteiger partial charge in [-0.2, -0.15) is 11.8 Å². The summed E-state index contributed by atoms with van der Waals surface area (Å²) in [5, 5.41) is 4.66. The standard InChI is InChI=1S/C18H31N3OS.HI/c1-3-13-12-21(9-11-23-13)17(19-2)20-15-14-6-10-22-16(14)18(15)7-4-5-8-18;/h13-16H,3-12H2,1-2H3,(H,19,20);1H. The Kier molecular flexibility index (Phi) is 6.29. The van der Waals surface area contributed by atoms with E-state index in [9.17, 15) is 0 Å². The molecule has 2 heterocycles. The minimum Gasteiger partial charge on any atom is -0.377 e. The maximum atomic E-state index is 6.12. The first-order chi connectivity index (χ1) is 11.3. The number of ether oxygens (including phenoxy) is 1. The molecule has 0 amide bonds. The second-order valence-corrected chi connectivity index (χ2v) is 9.11. The van der Waals surface area contributed by atoms with Crippen molar-refractivity contribution in [3.63, 3.8) is 0 Å². The summed E-state index contributed by atoms with van der Waals surface area (Å²) in [5.74, 6) is 3.08. The molecule has 2 saturated heterocycles. The van der Waals surface area contributed by atoms with Crippen LogP contribution in [0.4, 0.5) is 0 Å². The lowest BCUT2D eigenvalue weighted by Gasteiger charge is -2.57. The van der Waals surface area contributed by atoms with Crippen LogP contribution in [-0.2, 0) is 4.74 Å². The van der Waals surface area contributed by atoms with Crippen molar-refractivity contribution in [3.05, 3.63) is 0 Å². The molecule has 2 aliphatic heterocycles. The van der Waals surface area contributed by atoms with Gasteiger partial charge in [0.05, 0.1) is 6.10 Å². The maximum Gasteiger partial charge on any atom is 0.193 e. The van der Waals surface area contributed by atoms with Crippen molar-refractivity contribution < 1.29 is 4.74 Å². The molecule has 0 aromatic rings. The van der Waals surface area contributed by atoms with Crippen LogP contribution in [0.2, 0.25) is 0 Å². The monoisotopic (exact) mass is 465 g/mol. The maximum absolute atomic E-state index is 6.12. The van der Waals surface area contributed by atoms with Gasteiger partial charge in [0.2, 0.25) is 0 Å². The summed E-state index contributed by atoms with van der Waals surface area (Å²) in [4.78, 5) is 7.15. The van der Waals surface area contributed by atoms with Gasteiger partial charge in [-0.05, 0) is 25.7 Å². The molecule has 0 aromatic heterocycles. The van der Waals surface area contributed by atoms with Crippen LogP contribution >= 0.6 is 35.7 Å². The molecule has 24 heavy (non-hydrogen) atoms. The van der Waals surface area contributed by atoms with E-state index in [4.69, 9.17) is 4.74 Å². The van der Waals surface area contributed by atoms with E-state index in [2.05, 4.69) is 33.9 Å². The number of fused-ring (bicyclic) bond motifs is 2. The Bertz CT molecular complexity index is 469. The van der Waals surface area contributed by atoms with Crippen molar-refractivity contribution in [1.82, 2.24) is 10.2 Å². The van der Waals surface area contributed by atoms with Crippen LogP contribution in [0, 0.1) is 11.3 Å². The Labute approximate surface area is 168 Å². The van der Waals surface area contributed by atoms with E-state index < -0.39 is 0 Å². The van der Waals surface area contributed by atoms with Gasteiger partial charge < -0.3 is 15.0 Å². The first-order valence-electron chi connectivity index (χ1n) is 9.50. The number of nitrogens with one attached hydrogen (secondary N) is 1. The number of hydrogen-bond donors (Lipinski definition) is 1. The Balaban J connectivity index is 0.00000169. The van der Waals surface area contributed by atoms with E-state index in [1.807, 2.05) is 7.05 Å². The molecule has 4 nitrogen and oxygen atoms in total. The fourth-order valence-electron chi connectivity index (χ4n) is 5.50. The molecule has 6 heteroatoms. The Morgan fingerprint density at radius 2 is 2.17 bits per heavy atom. The molecule has 4 rings (SSSR count). The lowest BCUT2D eigenvalue weighted by molar-refractivity contribution is -0.125. The van der Waals surface area contributed by atoms with Crippen molar-refractivity contribution in [1.29, 1.82) is 0 Å². The van der Waals surface area contributed by atoms with Gasteiger partial charge in [-0.3, -0.25) is 4.99 Å². The van der Waals surface area contributed by atoms with Crippen molar-refractivity contribution in [2.75, 3.05) is 32.5 Å². The molecule has 0 bridgehead atoms. The molecule has 4 atom stereocenters. The zero-order valence-corrected chi connectivity index (χ0v) is 18.1. The van der Waals surface area contributed by atoms with Crippen LogP contribution in [0.1, 0.15) is 45.4 Å². The molecule has 4 aliphatic rings. The van der Waals surface area contributed by atoms with E-state index in [1.165, 1.54) is 44.3 Å². The zero-order valence-electron chi connectivity index (χ0n) is 15.0. The van der Waals surface area contributed by atoms with Crippen molar-refractivity contribution in [3.8, 4) is 0 Å². The predicted octanol–water partition coefficient (Wildman–Crippen LogP) is 3.35. The van der Waals surface area contributed by atoms with Gasteiger partial charge in [-0.1, -0.05) is 19.8 Å². The summed E-state index contributed by atoms with van der Waals surface area (Å²) in [7, 11) is 1.95. The highest BCUT2D eigenvalue weighted by atomic mass is 127. The number of rotatable bonds is 2. The molecule has 1 N–H and O–H groups in total. The lowest BCUT2D eigenvalue weighted by atomic mass is 9.54. The minimum absolute atomic E-state index is 0. The summed E-state index contributed by atoms with van der Waals surface area (Å²) < 4.78 is 6.12.